The SMILES string of the molecule is O=C(O)COc1ccccc1NC(=O)NCC1CCC1. The molecule has 0 unspecified atom stereocenters. The zero-order valence-electron chi connectivity index (χ0n) is 11.1. The van der Waals surface area contributed by atoms with Crippen molar-refractivity contribution in [3.05, 3.63) is 24.3 Å². The number of nitrogens with one attached hydrogen (secondary N) is 2. The van der Waals surface area contributed by atoms with Crippen LogP contribution in [0.5, 0.6) is 5.75 Å². The summed E-state index contributed by atoms with van der Waals surface area (Å²) in [4.78, 5) is 22.3. The number of rotatable bonds is 6. The fourth-order valence-electron chi connectivity index (χ4n) is 1.94. The van der Waals surface area contributed by atoms with E-state index in [0.29, 0.717) is 23.9 Å². The first-order chi connectivity index (χ1) is 9.65. The molecule has 2 amide bonds. The van der Waals surface area contributed by atoms with Crippen molar-refractivity contribution in [2.24, 2.45) is 5.92 Å². The van der Waals surface area contributed by atoms with E-state index in [2.05, 4.69) is 10.6 Å². The Balaban J connectivity index is 1.86. The fraction of sp³-hybridized carbons (Fsp3) is 0.429. The normalized spacial score (nSPS) is 14.2. The number of hydrogen-bond donors (Lipinski definition) is 3. The Labute approximate surface area is 117 Å². The highest BCUT2D eigenvalue weighted by Gasteiger charge is 2.18. The maximum Gasteiger partial charge on any atom is 0.341 e. The van der Waals surface area contributed by atoms with Gasteiger partial charge in [0.05, 0.1) is 5.69 Å². The molecular formula is C14H18N2O4. The van der Waals surface area contributed by atoms with Crippen LogP contribution in [-0.2, 0) is 4.79 Å². The number of anilines is 1. The molecule has 1 aromatic carbocycles. The van der Waals surface area contributed by atoms with Gasteiger partial charge in [-0.2, -0.15) is 0 Å². The summed E-state index contributed by atoms with van der Waals surface area (Å²) in [5.41, 5.74) is 0.458. The lowest BCUT2D eigenvalue weighted by Gasteiger charge is -2.25. The lowest BCUT2D eigenvalue weighted by molar-refractivity contribution is -0.139. The standard InChI is InChI=1S/C14H18N2O4/c17-13(18)9-20-12-7-2-1-6-11(12)16-14(19)15-8-10-4-3-5-10/h1-2,6-7,10H,3-5,8-9H2,(H,17,18)(H2,15,16,19). The molecule has 6 heteroatoms. The minimum absolute atomic E-state index is 0.303. The number of aliphatic carboxylic acids is 1. The van der Waals surface area contributed by atoms with E-state index in [-0.39, 0.29) is 6.03 Å². The molecule has 0 aromatic heterocycles. The number of urea groups is 1. The van der Waals surface area contributed by atoms with E-state index in [1.165, 1.54) is 19.3 Å². The Morgan fingerprint density at radius 2 is 2.05 bits per heavy atom. The van der Waals surface area contributed by atoms with Crippen LogP contribution in [-0.4, -0.2) is 30.3 Å². The van der Waals surface area contributed by atoms with Crippen molar-refractivity contribution in [3.8, 4) is 5.75 Å². The highest BCUT2D eigenvalue weighted by Crippen LogP contribution is 2.26. The van der Waals surface area contributed by atoms with E-state index in [4.69, 9.17) is 9.84 Å². The van der Waals surface area contributed by atoms with Crippen molar-refractivity contribution in [1.29, 1.82) is 0 Å². The Morgan fingerprint density at radius 1 is 1.30 bits per heavy atom. The number of carboxylic acids is 1. The molecular weight excluding hydrogens is 260 g/mol. The molecule has 0 saturated heterocycles. The lowest BCUT2D eigenvalue weighted by Crippen LogP contribution is -2.35. The van der Waals surface area contributed by atoms with Crippen molar-refractivity contribution < 1.29 is 19.4 Å². The maximum absolute atomic E-state index is 11.8. The Hall–Kier alpha value is -2.24. The molecule has 0 radical (unpaired) electrons. The van der Waals surface area contributed by atoms with Crippen LogP contribution in [0.1, 0.15) is 19.3 Å². The molecule has 0 aliphatic heterocycles. The van der Waals surface area contributed by atoms with Crippen molar-refractivity contribution in [2.45, 2.75) is 19.3 Å². The first-order valence-electron chi connectivity index (χ1n) is 6.63. The third kappa shape index (κ3) is 4.15. The van der Waals surface area contributed by atoms with Gasteiger partial charge in [0, 0.05) is 6.54 Å². The van der Waals surface area contributed by atoms with Crippen LogP contribution in [0.2, 0.25) is 0 Å². The quantitative estimate of drug-likeness (QED) is 0.743. The molecule has 1 aromatic rings. The number of carboxylic acid groups (broad SMARTS) is 1. The molecule has 1 fully saturated rings. The van der Waals surface area contributed by atoms with Crippen molar-refractivity contribution >= 4 is 17.7 Å². The number of carbonyl (C=O) groups excluding carboxylic acids is 1. The average Bonchev–Trinajstić information content (AvgIpc) is 2.35. The Bertz CT molecular complexity index is 486. The molecule has 1 aliphatic carbocycles. The van der Waals surface area contributed by atoms with Crippen LogP contribution < -0.4 is 15.4 Å². The zero-order valence-corrected chi connectivity index (χ0v) is 11.1. The van der Waals surface area contributed by atoms with Gasteiger partial charge in [0.2, 0.25) is 0 Å². The number of carbonyl (C=O) groups is 2. The molecule has 108 valence electrons. The van der Waals surface area contributed by atoms with E-state index >= 15 is 0 Å². The largest absolute Gasteiger partial charge is 0.480 e. The highest BCUT2D eigenvalue weighted by molar-refractivity contribution is 5.90. The molecule has 1 saturated carbocycles. The summed E-state index contributed by atoms with van der Waals surface area (Å²) in [7, 11) is 0. The molecule has 3 N–H and O–H groups in total. The molecule has 0 bridgehead atoms. The molecule has 0 atom stereocenters. The number of amides is 2. The van der Waals surface area contributed by atoms with Crippen LogP contribution in [0.3, 0.4) is 0 Å². The van der Waals surface area contributed by atoms with Gasteiger partial charge in [-0.25, -0.2) is 9.59 Å². The Kier molecular flexibility index (Phi) is 4.81. The van der Waals surface area contributed by atoms with E-state index in [0.717, 1.165) is 0 Å². The second-order valence-corrected chi connectivity index (χ2v) is 4.81. The zero-order chi connectivity index (χ0) is 14.4. The van der Waals surface area contributed by atoms with Gasteiger partial charge in [-0.05, 0) is 30.9 Å². The molecule has 20 heavy (non-hydrogen) atoms. The lowest BCUT2D eigenvalue weighted by atomic mass is 9.85. The third-order valence-corrected chi connectivity index (χ3v) is 3.26. The summed E-state index contributed by atoms with van der Waals surface area (Å²) in [6.45, 7) is 0.229. The van der Waals surface area contributed by atoms with E-state index in [9.17, 15) is 9.59 Å². The summed E-state index contributed by atoms with van der Waals surface area (Å²) >= 11 is 0. The summed E-state index contributed by atoms with van der Waals surface area (Å²) in [5, 5.41) is 14.1. The van der Waals surface area contributed by atoms with Gasteiger partial charge in [0.15, 0.2) is 6.61 Å². The van der Waals surface area contributed by atoms with E-state index in [1.54, 1.807) is 24.3 Å². The number of benzene rings is 1. The second-order valence-electron chi connectivity index (χ2n) is 4.81. The van der Waals surface area contributed by atoms with Crippen molar-refractivity contribution in [2.75, 3.05) is 18.5 Å². The molecule has 0 heterocycles. The first-order valence-corrected chi connectivity index (χ1v) is 6.63. The summed E-state index contributed by atoms with van der Waals surface area (Å²) < 4.78 is 5.12. The summed E-state index contributed by atoms with van der Waals surface area (Å²) in [5.74, 6) is -0.137. The van der Waals surface area contributed by atoms with Gasteiger partial charge in [-0.1, -0.05) is 18.6 Å². The first kappa shape index (κ1) is 14.2. The molecule has 1 aliphatic rings. The topological polar surface area (TPSA) is 87.7 Å². The van der Waals surface area contributed by atoms with Crippen LogP contribution in [0, 0.1) is 5.92 Å². The van der Waals surface area contributed by atoms with Crippen molar-refractivity contribution in [3.63, 3.8) is 0 Å². The highest BCUT2D eigenvalue weighted by atomic mass is 16.5. The minimum Gasteiger partial charge on any atom is -0.480 e. The van der Waals surface area contributed by atoms with Gasteiger partial charge in [0.1, 0.15) is 5.75 Å². The molecule has 0 spiro atoms. The van der Waals surface area contributed by atoms with Gasteiger partial charge in [0.25, 0.3) is 0 Å². The summed E-state index contributed by atoms with van der Waals surface area (Å²) in [6, 6.07) is 6.44. The monoisotopic (exact) mass is 278 g/mol. The predicted octanol–water partition coefficient (Wildman–Crippen LogP) is 2.07. The van der Waals surface area contributed by atoms with Crippen LogP contribution in [0.15, 0.2) is 24.3 Å². The smallest absolute Gasteiger partial charge is 0.341 e. The van der Waals surface area contributed by atoms with Gasteiger partial charge in [-0.3, -0.25) is 0 Å². The number of hydrogen-bond acceptors (Lipinski definition) is 3. The summed E-state index contributed by atoms with van der Waals surface area (Å²) in [6.07, 6.45) is 3.57. The second kappa shape index (κ2) is 6.79. The van der Waals surface area contributed by atoms with E-state index < -0.39 is 12.6 Å². The average molecular weight is 278 g/mol. The number of ether oxygens (including phenoxy) is 1. The van der Waals surface area contributed by atoms with Gasteiger partial charge >= 0.3 is 12.0 Å². The maximum atomic E-state index is 11.8. The van der Waals surface area contributed by atoms with Crippen LogP contribution in [0.25, 0.3) is 0 Å². The number of para-hydroxylation sites is 2. The fourth-order valence-corrected chi connectivity index (χ4v) is 1.94. The predicted molar refractivity (Wildman–Crippen MR) is 73.9 cm³/mol. The third-order valence-electron chi connectivity index (χ3n) is 3.26. The molecule has 2 rings (SSSR count). The van der Waals surface area contributed by atoms with Crippen LogP contribution >= 0.6 is 0 Å². The van der Waals surface area contributed by atoms with Crippen LogP contribution in [0.4, 0.5) is 10.5 Å². The molecule has 6 nitrogen and oxygen atoms in total. The van der Waals surface area contributed by atoms with Gasteiger partial charge < -0.3 is 20.5 Å². The minimum atomic E-state index is -1.06. The Morgan fingerprint density at radius 3 is 2.70 bits per heavy atom. The van der Waals surface area contributed by atoms with Crippen molar-refractivity contribution in [1.82, 2.24) is 5.32 Å². The van der Waals surface area contributed by atoms with E-state index in [1.807, 2.05) is 0 Å². The van der Waals surface area contributed by atoms with Gasteiger partial charge in [-0.15, -0.1) is 0 Å².